The van der Waals surface area contributed by atoms with E-state index < -0.39 is 153 Å². The van der Waals surface area contributed by atoms with E-state index in [1.165, 1.54) is 19.4 Å². The van der Waals surface area contributed by atoms with E-state index >= 15 is 0 Å². The van der Waals surface area contributed by atoms with E-state index in [0.717, 1.165) is 32.1 Å². The predicted octanol–water partition coefficient (Wildman–Crippen LogP) is -1.59. The Hall–Kier alpha value is -1.14. The van der Waals surface area contributed by atoms with E-state index in [4.69, 9.17) is 42.6 Å². The average molecular weight is 1060 g/mol. The molecule has 426 valence electrons. The fraction of sp³-hybridized carbons (Fsp3) is 0.962. The average Bonchev–Trinajstić information content (AvgIpc) is 3.81. The summed E-state index contributed by atoms with van der Waals surface area (Å²) >= 11 is 0. The molecule has 0 amide bonds. The molecule has 22 heteroatoms. The highest BCUT2D eigenvalue weighted by atomic mass is 16.8. The fourth-order valence-corrected chi connectivity index (χ4v) is 15.0. The zero-order chi connectivity index (χ0) is 53.7. The molecular formula is C52H86O22. The fourth-order valence-electron chi connectivity index (χ4n) is 15.0. The molecule has 9 aliphatic rings. The van der Waals surface area contributed by atoms with Crippen molar-refractivity contribution in [3.63, 3.8) is 0 Å². The maximum absolute atomic E-state index is 12.2. The Morgan fingerprint density at radius 2 is 1.22 bits per heavy atom. The van der Waals surface area contributed by atoms with Gasteiger partial charge in [-0.05, 0) is 105 Å². The summed E-state index contributed by atoms with van der Waals surface area (Å²) in [5.41, 5.74) is 0.552. The van der Waals surface area contributed by atoms with E-state index in [1.807, 2.05) is 13.8 Å². The van der Waals surface area contributed by atoms with Gasteiger partial charge in [0.2, 0.25) is 0 Å². The van der Waals surface area contributed by atoms with Crippen molar-refractivity contribution < 1.29 is 109 Å². The van der Waals surface area contributed by atoms with Gasteiger partial charge in [-0.25, -0.2) is 0 Å². The smallest absolute Gasteiger partial charge is 0.187 e. The van der Waals surface area contributed by atoms with Gasteiger partial charge in [-0.15, -0.1) is 0 Å². The first-order chi connectivity index (χ1) is 34.8. The van der Waals surface area contributed by atoms with Crippen molar-refractivity contribution in [1.29, 1.82) is 0 Å². The molecule has 5 heterocycles. The number of allylic oxidation sites excluding steroid dienone is 1. The molecule has 22 nitrogen and oxygen atoms in total. The molecular weight excluding hydrogens is 977 g/mol. The van der Waals surface area contributed by atoms with Crippen LogP contribution in [0.25, 0.3) is 0 Å². The van der Waals surface area contributed by atoms with Crippen LogP contribution in [-0.4, -0.2) is 227 Å². The summed E-state index contributed by atoms with van der Waals surface area (Å²) in [7, 11) is 0. The van der Waals surface area contributed by atoms with Gasteiger partial charge in [-0.1, -0.05) is 46.3 Å². The number of hydrogen-bond donors (Lipinski definition) is 13. The van der Waals surface area contributed by atoms with Crippen molar-refractivity contribution >= 4 is 0 Å². The van der Waals surface area contributed by atoms with Gasteiger partial charge in [0.05, 0.1) is 44.2 Å². The lowest BCUT2D eigenvalue weighted by Crippen LogP contribution is -2.66. The van der Waals surface area contributed by atoms with Crippen LogP contribution in [0.2, 0.25) is 0 Å². The quantitative estimate of drug-likeness (QED) is 0.0873. The van der Waals surface area contributed by atoms with E-state index in [1.54, 1.807) is 0 Å². The summed E-state index contributed by atoms with van der Waals surface area (Å²) in [5, 5.41) is 139. The van der Waals surface area contributed by atoms with Gasteiger partial charge in [0.25, 0.3) is 0 Å². The molecule has 0 spiro atoms. The van der Waals surface area contributed by atoms with Crippen LogP contribution < -0.4 is 0 Å². The zero-order valence-electron chi connectivity index (χ0n) is 43.6. The first-order valence-corrected chi connectivity index (χ1v) is 27.1. The van der Waals surface area contributed by atoms with Gasteiger partial charge in [-0.3, -0.25) is 0 Å². The van der Waals surface area contributed by atoms with E-state index in [9.17, 15) is 66.4 Å². The van der Waals surface area contributed by atoms with E-state index in [2.05, 4.69) is 26.8 Å². The van der Waals surface area contributed by atoms with E-state index in [-0.39, 0.29) is 35.4 Å². The van der Waals surface area contributed by atoms with Gasteiger partial charge in [0.15, 0.2) is 30.9 Å². The molecule has 0 aromatic carbocycles. The van der Waals surface area contributed by atoms with Gasteiger partial charge in [0, 0.05) is 12.3 Å². The van der Waals surface area contributed by atoms with Crippen LogP contribution in [0.3, 0.4) is 0 Å². The lowest BCUT2D eigenvalue weighted by atomic mass is 9.47. The Balaban J connectivity index is 0.852. The number of rotatable bonds is 14. The summed E-state index contributed by atoms with van der Waals surface area (Å²) in [6.45, 7) is 12.6. The standard InChI is InChI=1S/C52H86O22/c1-21-32-29(74-52(21,65)15-14-49(4,5)20-66-45-39(61)38(60)35(57)30(18-53)70-45)17-28-26-9-8-24-16-25(10-12-50(24,6)27(26)11-13-51(28,32)7)69-48-44(73-47-41(63)37(59)34(56)23(3)68-47)42(64)43(31(19-54)71-48)72-46-40(62)36(58)33(55)22(2)67-46/h8,21-23,25-48,53-65H,9-20H2,1-7H3. The second kappa shape index (κ2) is 21.7. The molecule has 0 radical (unpaired) electrons. The molecule has 8 fully saturated rings. The lowest BCUT2D eigenvalue weighted by molar-refractivity contribution is -0.388. The topological polar surface area (TPSA) is 346 Å². The maximum atomic E-state index is 12.2. The Kier molecular flexibility index (Phi) is 16.9. The minimum atomic E-state index is -1.75. The van der Waals surface area contributed by atoms with Crippen molar-refractivity contribution in [2.24, 2.45) is 45.8 Å². The van der Waals surface area contributed by atoms with E-state index in [0.29, 0.717) is 43.4 Å². The molecule has 74 heavy (non-hydrogen) atoms. The SMILES string of the molecule is CC1OC(OC2C(CO)OC(OC3CCC4(C)C(=CCC5C4CCC4(C)C5CC5OC(O)(CCC(C)(C)COC6OC(CO)C(O)C(O)C6O)C(C)C54)C3)C(OC3OC(C)C(O)C(O)C3O)C2O)C(O)C(O)C1O. The summed E-state index contributed by atoms with van der Waals surface area (Å²) in [5.74, 6) is -0.224. The predicted molar refractivity (Wildman–Crippen MR) is 253 cm³/mol. The number of aliphatic hydroxyl groups excluding tert-OH is 12. The maximum Gasteiger partial charge on any atom is 0.187 e. The Morgan fingerprint density at radius 3 is 1.84 bits per heavy atom. The second-order valence-electron chi connectivity index (χ2n) is 24.8. The van der Waals surface area contributed by atoms with Crippen LogP contribution in [0.4, 0.5) is 0 Å². The van der Waals surface area contributed by atoms with Crippen molar-refractivity contribution in [2.75, 3.05) is 19.8 Å². The van der Waals surface area contributed by atoms with Gasteiger partial charge >= 0.3 is 0 Å². The van der Waals surface area contributed by atoms with Crippen molar-refractivity contribution in [3.8, 4) is 0 Å². The summed E-state index contributed by atoms with van der Waals surface area (Å²) in [4.78, 5) is 0. The Bertz CT molecular complexity index is 1950. The third-order valence-electron chi connectivity index (χ3n) is 19.7. The monoisotopic (exact) mass is 1060 g/mol. The molecule has 30 atom stereocenters. The summed E-state index contributed by atoms with van der Waals surface area (Å²) in [6, 6.07) is 0. The zero-order valence-corrected chi connectivity index (χ0v) is 43.6. The molecule has 0 aromatic heterocycles. The van der Waals surface area contributed by atoms with Gasteiger partial charge in [-0.2, -0.15) is 0 Å². The largest absolute Gasteiger partial charge is 0.394 e. The third kappa shape index (κ3) is 10.2. The van der Waals surface area contributed by atoms with Crippen molar-refractivity contribution in [2.45, 2.75) is 247 Å². The minimum Gasteiger partial charge on any atom is -0.394 e. The summed E-state index contributed by atoms with van der Waals surface area (Å²) < 4.78 is 54.8. The highest BCUT2D eigenvalue weighted by Gasteiger charge is 2.68. The third-order valence-corrected chi connectivity index (χ3v) is 19.7. The van der Waals surface area contributed by atoms with Crippen LogP contribution >= 0.6 is 0 Å². The first-order valence-electron chi connectivity index (χ1n) is 27.1. The molecule has 0 bridgehead atoms. The minimum absolute atomic E-state index is 0.0689. The van der Waals surface area contributed by atoms with Gasteiger partial charge < -0.3 is 109 Å². The number of ether oxygens (including phenoxy) is 9. The number of fused-ring (bicyclic) bond motifs is 7. The first kappa shape index (κ1) is 57.5. The normalized spacial score (nSPS) is 54.7. The Morgan fingerprint density at radius 1 is 0.635 bits per heavy atom. The lowest BCUT2D eigenvalue weighted by Gasteiger charge is -2.58. The molecule has 9 rings (SSSR count). The molecule has 4 aliphatic carbocycles. The van der Waals surface area contributed by atoms with Crippen LogP contribution in [-0.2, 0) is 42.6 Å². The van der Waals surface area contributed by atoms with Crippen LogP contribution in [0.5, 0.6) is 0 Å². The molecule has 5 saturated heterocycles. The highest BCUT2D eigenvalue weighted by molar-refractivity contribution is 5.26. The second-order valence-corrected chi connectivity index (χ2v) is 24.8. The highest BCUT2D eigenvalue weighted by Crippen LogP contribution is 2.70. The van der Waals surface area contributed by atoms with Crippen molar-refractivity contribution in [1.82, 2.24) is 0 Å². The van der Waals surface area contributed by atoms with Crippen LogP contribution in [0.1, 0.15) is 106 Å². The molecule has 30 unspecified atom stereocenters. The number of aliphatic hydroxyl groups is 13. The molecule has 5 aliphatic heterocycles. The molecule has 3 saturated carbocycles. The molecule has 0 aromatic rings. The Labute approximate surface area is 432 Å². The van der Waals surface area contributed by atoms with Crippen molar-refractivity contribution in [3.05, 3.63) is 11.6 Å². The van der Waals surface area contributed by atoms with Gasteiger partial charge in [0.1, 0.15) is 85.5 Å². The van der Waals surface area contributed by atoms with Crippen LogP contribution in [0, 0.1) is 45.8 Å². The summed E-state index contributed by atoms with van der Waals surface area (Å²) in [6.07, 6.45) is -20.6. The number of hydrogen-bond acceptors (Lipinski definition) is 22. The van der Waals surface area contributed by atoms with Crippen LogP contribution in [0.15, 0.2) is 11.6 Å². The molecule has 13 N–H and O–H groups in total.